The fraction of sp³-hybridized carbons (Fsp3) is 0.333. The number of para-hydroxylation sites is 1. The second-order valence-electron chi connectivity index (χ2n) is 4.38. The Bertz CT molecular complexity index is 657. The Morgan fingerprint density at radius 1 is 1.25 bits per heavy atom. The quantitative estimate of drug-likeness (QED) is 0.805. The lowest BCUT2D eigenvalue weighted by molar-refractivity contribution is -0.145. The maximum absolute atomic E-state index is 11.7. The molecule has 0 N–H and O–H groups in total. The summed E-state index contributed by atoms with van der Waals surface area (Å²) in [7, 11) is 0. The van der Waals surface area contributed by atoms with Crippen LogP contribution in [0.4, 0.5) is 0 Å². The van der Waals surface area contributed by atoms with Gasteiger partial charge < -0.3 is 9.47 Å². The van der Waals surface area contributed by atoms with Gasteiger partial charge in [0, 0.05) is 12.3 Å². The van der Waals surface area contributed by atoms with Crippen LogP contribution in [-0.4, -0.2) is 29.7 Å². The molecule has 5 heteroatoms. The molecule has 0 amide bonds. The summed E-state index contributed by atoms with van der Waals surface area (Å²) in [5.41, 5.74) is 1.46. The maximum atomic E-state index is 11.7. The highest BCUT2D eigenvalue weighted by molar-refractivity contribution is 5.97. The van der Waals surface area contributed by atoms with E-state index in [1.807, 2.05) is 24.3 Å². The first-order valence-corrected chi connectivity index (χ1v) is 6.45. The average molecular weight is 275 g/mol. The van der Waals surface area contributed by atoms with Crippen LogP contribution in [-0.2, 0) is 9.53 Å². The van der Waals surface area contributed by atoms with Gasteiger partial charge in [0.1, 0.15) is 5.75 Å². The molecule has 0 unspecified atom stereocenters. The van der Waals surface area contributed by atoms with E-state index in [0.717, 1.165) is 10.9 Å². The molecule has 0 bridgehead atoms. The maximum Gasteiger partial charge on any atom is 0.344 e. The van der Waals surface area contributed by atoms with Crippen LogP contribution in [0.2, 0.25) is 0 Å². The smallest absolute Gasteiger partial charge is 0.344 e. The topological polar surface area (TPSA) is 57.5 Å². The molecule has 0 fully saturated rings. The second-order valence-corrected chi connectivity index (χ2v) is 4.38. The Kier molecular flexibility index (Phi) is 4.08. The normalized spacial score (nSPS) is 10.6. The molecular weight excluding hydrogens is 258 g/mol. The number of ether oxygens (including phenoxy) is 2. The van der Waals surface area contributed by atoms with Crippen LogP contribution in [0.3, 0.4) is 0 Å². The van der Waals surface area contributed by atoms with Gasteiger partial charge in [0.25, 0.3) is 0 Å². The van der Waals surface area contributed by atoms with Crippen LogP contribution < -0.4 is 4.74 Å². The standard InChI is InChI=1S/C15H17NO4/c1-4-19-14(18)9-20-15-10(2)16(11(3)17)13-8-6-5-7-12(13)15/h5-8H,4,9H2,1-3H3. The van der Waals surface area contributed by atoms with Gasteiger partial charge in [-0.3, -0.25) is 9.36 Å². The van der Waals surface area contributed by atoms with Crippen LogP contribution in [0.15, 0.2) is 24.3 Å². The molecule has 0 aliphatic carbocycles. The van der Waals surface area contributed by atoms with E-state index >= 15 is 0 Å². The molecule has 0 aliphatic rings. The zero-order chi connectivity index (χ0) is 14.7. The second kappa shape index (κ2) is 5.77. The first-order valence-electron chi connectivity index (χ1n) is 6.45. The molecule has 0 spiro atoms. The summed E-state index contributed by atoms with van der Waals surface area (Å²) in [6.45, 7) is 5.18. The molecule has 0 saturated carbocycles. The van der Waals surface area contributed by atoms with Crippen molar-refractivity contribution in [3.05, 3.63) is 30.0 Å². The summed E-state index contributed by atoms with van der Waals surface area (Å²) in [5, 5.41) is 0.810. The van der Waals surface area contributed by atoms with E-state index in [-0.39, 0.29) is 12.5 Å². The van der Waals surface area contributed by atoms with Gasteiger partial charge in [0.15, 0.2) is 6.61 Å². The third-order valence-corrected chi connectivity index (χ3v) is 3.01. The van der Waals surface area contributed by atoms with Crippen molar-refractivity contribution >= 4 is 22.8 Å². The Morgan fingerprint density at radius 3 is 2.60 bits per heavy atom. The van der Waals surface area contributed by atoms with Crippen LogP contribution in [0.25, 0.3) is 10.9 Å². The number of nitrogens with zero attached hydrogens (tertiary/aromatic N) is 1. The lowest BCUT2D eigenvalue weighted by Gasteiger charge is -2.06. The summed E-state index contributed by atoms with van der Waals surface area (Å²) in [6.07, 6.45) is 0. The van der Waals surface area contributed by atoms with E-state index in [2.05, 4.69) is 0 Å². The van der Waals surface area contributed by atoms with Gasteiger partial charge in [-0.05, 0) is 26.0 Å². The zero-order valence-electron chi connectivity index (χ0n) is 11.8. The fourth-order valence-electron chi connectivity index (χ4n) is 2.26. The van der Waals surface area contributed by atoms with Crippen LogP contribution in [0.1, 0.15) is 24.3 Å². The monoisotopic (exact) mass is 275 g/mol. The van der Waals surface area contributed by atoms with Crippen molar-refractivity contribution in [1.82, 2.24) is 4.57 Å². The number of hydrogen-bond donors (Lipinski definition) is 0. The molecule has 0 aliphatic heterocycles. The number of carbonyl (C=O) groups is 2. The minimum absolute atomic E-state index is 0.0929. The predicted octanol–water partition coefficient (Wildman–Crippen LogP) is 2.55. The first-order chi connectivity index (χ1) is 9.56. The highest BCUT2D eigenvalue weighted by Crippen LogP contribution is 2.32. The van der Waals surface area contributed by atoms with E-state index in [0.29, 0.717) is 18.1 Å². The van der Waals surface area contributed by atoms with Crippen LogP contribution >= 0.6 is 0 Å². The van der Waals surface area contributed by atoms with Crippen molar-refractivity contribution in [3.63, 3.8) is 0 Å². The number of carbonyl (C=O) groups excluding carboxylic acids is 2. The fourth-order valence-corrected chi connectivity index (χ4v) is 2.26. The van der Waals surface area contributed by atoms with E-state index in [9.17, 15) is 9.59 Å². The van der Waals surface area contributed by atoms with E-state index in [1.54, 1.807) is 18.4 Å². The summed E-state index contributed by atoms with van der Waals surface area (Å²) < 4.78 is 12.0. The third-order valence-electron chi connectivity index (χ3n) is 3.01. The van der Waals surface area contributed by atoms with Gasteiger partial charge in [-0.25, -0.2) is 4.79 Å². The van der Waals surface area contributed by atoms with Gasteiger partial charge in [-0.1, -0.05) is 12.1 Å². The Hall–Kier alpha value is -2.30. The molecule has 0 saturated heterocycles. The van der Waals surface area contributed by atoms with Gasteiger partial charge in [0.05, 0.1) is 17.8 Å². The number of esters is 1. The van der Waals surface area contributed by atoms with Crippen molar-refractivity contribution in [2.75, 3.05) is 13.2 Å². The van der Waals surface area contributed by atoms with Gasteiger partial charge in [-0.15, -0.1) is 0 Å². The molecule has 2 rings (SSSR count). The summed E-state index contributed by atoms with van der Waals surface area (Å²) in [5.74, 6) is 0.0279. The Balaban J connectivity index is 2.40. The number of rotatable bonds is 4. The first kappa shape index (κ1) is 14.1. The van der Waals surface area contributed by atoms with Gasteiger partial charge >= 0.3 is 5.97 Å². The van der Waals surface area contributed by atoms with Crippen LogP contribution in [0, 0.1) is 6.92 Å². The van der Waals surface area contributed by atoms with Crippen molar-refractivity contribution in [2.24, 2.45) is 0 Å². The van der Waals surface area contributed by atoms with Gasteiger partial charge in [-0.2, -0.15) is 0 Å². The SMILES string of the molecule is CCOC(=O)COc1c(C)n(C(C)=O)c2ccccc12. The number of benzene rings is 1. The zero-order valence-corrected chi connectivity index (χ0v) is 11.8. The molecule has 20 heavy (non-hydrogen) atoms. The average Bonchev–Trinajstić information content (AvgIpc) is 2.68. The molecule has 1 aromatic heterocycles. The molecule has 2 aromatic rings. The summed E-state index contributed by atoms with van der Waals surface area (Å²) in [6, 6.07) is 7.43. The largest absolute Gasteiger partial charge is 0.479 e. The number of aromatic nitrogens is 1. The summed E-state index contributed by atoms with van der Waals surface area (Å²) in [4.78, 5) is 23.1. The molecule has 106 valence electrons. The number of hydrogen-bond acceptors (Lipinski definition) is 4. The predicted molar refractivity (Wildman–Crippen MR) is 75.1 cm³/mol. The van der Waals surface area contributed by atoms with Crippen molar-refractivity contribution in [1.29, 1.82) is 0 Å². The number of fused-ring (bicyclic) bond motifs is 1. The van der Waals surface area contributed by atoms with Crippen molar-refractivity contribution in [3.8, 4) is 5.75 Å². The minimum atomic E-state index is -0.424. The third kappa shape index (κ3) is 2.52. The Morgan fingerprint density at radius 2 is 1.95 bits per heavy atom. The highest BCUT2D eigenvalue weighted by atomic mass is 16.6. The summed E-state index contributed by atoms with van der Waals surface area (Å²) >= 11 is 0. The molecule has 1 aromatic carbocycles. The molecule has 1 heterocycles. The van der Waals surface area contributed by atoms with Gasteiger partial charge in [0.2, 0.25) is 5.91 Å². The molecule has 0 atom stereocenters. The van der Waals surface area contributed by atoms with E-state index in [4.69, 9.17) is 9.47 Å². The van der Waals surface area contributed by atoms with E-state index < -0.39 is 5.97 Å². The van der Waals surface area contributed by atoms with E-state index in [1.165, 1.54) is 6.92 Å². The highest BCUT2D eigenvalue weighted by Gasteiger charge is 2.18. The molecule has 0 radical (unpaired) electrons. The minimum Gasteiger partial charge on any atom is -0.479 e. The Labute approximate surface area is 117 Å². The molecule has 5 nitrogen and oxygen atoms in total. The molecular formula is C15H17NO4. The van der Waals surface area contributed by atoms with Crippen LogP contribution in [0.5, 0.6) is 5.75 Å². The lowest BCUT2D eigenvalue weighted by atomic mass is 10.2. The lowest BCUT2D eigenvalue weighted by Crippen LogP contribution is -2.15. The van der Waals surface area contributed by atoms with Crippen molar-refractivity contribution in [2.45, 2.75) is 20.8 Å². The van der Waals surface area contributed by atoms with Crippen molar-refractivity contribution < 1.29 is 19.1 Å².